The van der Waals surface area contributed by atoms with E-state index in [0.29, 0.717) is 11.7 Å². The second kappa shape index (κ2) is 6.90. The summed E-state index contributed by atoms with van der Waals surface area (Å²) in [6.07, 6.45) is 1.67. The molecule has 0 aliphatic carbocycles. The molecule has 124 valence electrons. The van der Waals surface area contributed by atoms with E-state index in [9.17, 15) is 0 Å². The van der Waals surface area contributed by atoms with Crippen LogP contribution in [0.25, 0.3) is 11.4 Å². The zero-order chi connectivity index (χ0) is 17.1. The second-order valence-electron chi connectivity index (χ2n) is 5.46. The average Bonchev–Trinajstić information content (AvgIpc) is 3.30. The number of nitrogens with zero attached hydrogens (tertiary/aromatic N) is 5. The van der Waals surface area contributed by atoms with Gasteiger partial charge in [0.1, 0.15) is 11.6 Å². The van der Waals surface area contributed by atoms with Gasteiger partial charge in [0, 0.05) is 12.6 Å². The minimum absolute atomic E-state index is 0.158. The van der Waals surface area contributed by atoms with Gasteiger partial charge in [0.15, 0.2) is 5.16 Å². The zero-order valence-corrected chi connectivity index (χ0v) is 14.3. The molecule has 0 spiro atoms. The SMILES string of the molecule is Cn1cnnc1S[C@@H](c1ccccc1)c1nc(-c2ccccc2)no1. The minimum Gasteiger partial charge on any atom is -0.337 e. The summed E-state index contributed by atoms with van der Waals surface area (Å²) >= 11 is 1.53. The lowest BCUT2D eigenvalue weighted by molar-refractivity contribution is 0.384. The molecule has 0 aliphatic rings. The predicted molar refractivity (Wildman–Crippen MR) is 94.9 cm³/mol. The molecule has 7 heteroatoms. The molecule has 0 amide bonds. The van der Waals surface area contributed by atoms with Gasteiger partial charge in [-0.1, -0.05) is 77.6 Å². The van der Waals surface area contributed by atoms with Gasteiger partial charge in [0.2, 0.25) is 11.7 Å². The standard InChI is InChI=1S/C18H15N5OS/c1-23-12-19-21-18(23)25-15(13-8-4-2-5-9-13)17-20-16(22-24-17)14-10-6-3-7-11-14/h2-12,15H,1H3/t15-/m0/s1. The molecule has 4 aromatic rings. The highest BCUT2D eigenvalue weighted by Gasteiger charge is 2.24. The Morgan fingerprint density at radius 1 is 1.00 bits per heavy atom. The van der Waals surface area contributed by atoms with Crippen LogP contribution in [0.5, 0.6) is 0 Å². The van der Waals surface area contributed by atoms with Crippen LogP contribution < -0.4 is 0 Å². The third kappa shape index (κ3) is 3.32. The number of hydrogen-bond donors (Lipinski definition) is 0. The van der Waals surface area contributed by atoms with Gasteiger partial charge < -0.3 is 9.09 Å². The molecule has 1 atom stereocenters. The van der Waals surface area contributed by atoms with E-state index in [2.05, 4.69) is 20.3 Å². The van der Waals surface area contributed by atoms with Crippen molar-refractivity contribution in [2.24, 2.45) is 7.05 Å². The highest BCUT2D eigenvalue weighted by molar-refractivity contribution is 7.99. The summed E-state index contributed by atoms with van der Waals surface area (Å²) in [5.41, 5.74) is 1.99. The van der Waals surface area contributed by atoms with Crippen molar-refractivity contribution in [1.82, 2.24) is 24.9 Å². The number of rotatable bonds is 5. The fourth-order valence-corrected chi connectivity index (χ4v) is 3.43. The Morgan fingerprint density at radius 2 is 1.72 bits per heavy atom. The smallest absolute Gasteiger partial charge is 0.245 e. The van der Waals surface area contributed by atoms with Crippen LogP contribution in [0.2, 0.25) is 0 Å². The summed E-state index contributed by atoms with van der Waals surface area (Å²) in [7, 11) is 1.91. The predicted octanol–water partition coefficient (Wildman–Crippen LogP) is 3.75. The first kappa shape index (κ1) is 15.6. The van der Waals surface area contributed by atoms with Crippen molar-refractivity contribution in [3.8, 4) is 11.4 Å². The van der Waals surface area contributed by atoms with Crippen LogP contribution in [-0.2, 0) is 7.05 Å². The van der Waals surface area contributed by atoms with E-state index in [4.69, 9.17) is 4.52 Å². The van der Waals surface area contributed by atoms with Gasteiger partial charge in [-0.2, -0.15) is 4.98 Å². The van der Waals surface area contributed by atoms with Crippen LogP contribution in [-0.4, -0.2) is 24.9 Å². The average molecular weight is 349 g/mol. The molecule has 6 nitrogen and oxygen atoms in total. The summed E-state index contributed by atoms with van der Waals surface area (Å²) in [5.74, 6) is 1.12. The van der Waals surface area contributed by atoms with E-state index in [-0.39, 0.29) is 5.25 Å². The second-order valence-corrected chi connectivity index (χ2v) is 6.53. The largest absolute Gasteiger partial charge is 0.337 e. The summed E-state index contributed by atoms with van der Waals surface area (Å²) in [6, 6.07) is 19.8. The van der Waals surface area contributed by atoms with Crippen molar-refractivity contribution in [3.05, 3.63) is 78.4 Å². The normalized spacial score (nSPS) is 12.2. The van der Waals surface area contributed by atoms with Gasteiger partial charge in [-0.3, -0.25) is 0 Å². The molecule has 4 rings (SSSR count). The maximum atomic E-state index is 5.58. The summed E-state index contributed by atoms with van der Waals surface area (Å²) in [5, 5.41) is 12.9. The van der Waals surface area contributed by atoms with E-state index in [0.717, 1.165) is 16.3 Å². The maximum Gasteiger partial charge on any atom is 0.245 e. The lowest BCUT2D eigenvalue weighted by atomic mass is 10.1. The van der Waals surface area contributed by atoms with Gasteiger partial charge in [-0.25, -0.2) is 0 Å². The Hall–Kier alpha value is -2.93. The monoisotopic (exact) mass is 349 g/mol. The molecule has 25 heavy (non-hydrogen) atoms. The van der Waals surface area contributed by atoms with Crippen molar-refractivity contribution in [3.63, 3.8) is 0 Å². The highest BCUT2D eigenvalue weighted by Crippen LogP contribution is 2.39. The quantitative estimate of drug-likeness (QED) is 0.511. The molecule has 0 bridgehead atoms. The maximum absolute atomic E-state index is 5.58. The summed E-state index contributed by atoms with van der Waals surface area (Å²) in [6.45, 7) is 0. The van der Waals surface area contributed by atoms with Gasteiger partial charge in [-0.05, 0) is 5.56 Å². The van der Waals surface area contributed by atoms with E-state index < -0.39 is 0 Å². The van der Waals surface area contributed by atoms with Crippen molar-refractivity contribution >= 4 is 11.8 Å². The van der Waals surface area contributed by atoms with E-state index in [1.165, 1.54) is 11.8 Å². The van der Waals surface area contributed by atoms with Crippen LogP contribution >= 0.6 is 11.8 Å². The Labute approximate surface area is 148 Å². The summed E-state index contributed by atoms with van der Waals surface area (Å²) in [4.78, 5) is 4.61. The van der Waals surface area contributed by atoms with Crippen molar-refractivity contribution in [2.75, 3.05) is 0 Å². The molecular formula is C18H15N5OS. The zero-order valence-electron chi connectivity index (χ0n) is 13.5. The third-order valence-electron chi connectivity index (χ3n) is 3.69. The van der Waals surface area contributed by atoms with Gasteiger partial charge in [0.05, 0.1) is 0 Å². The van der Waals surface area contributed by atoms with Crippen LogP contribution in [0.3, 0.4) is 0 Å². The number of thioether (sulfide) groups is 1. The van der Waals surface area contributed by atoms with E-state index >= 15 is 0 Å². The fraction of sp³-hybridized carbons (Fsp3) is 0.111. The minimum atomic E-state index is -0.158. The van der Waals surface area contributed by atoms with Gasteiger partial charge in [0.25, 0.3) is 0 Å². The summed E-state index contributed by atoms with van der Waals surface area (Å²) < 4.78 is 7.45. The molecule has 0 fully saturated rings. The molecule has 0 saturated heterocycles. The molecule has 2 aromatic carbocycles. The Bertz CT molecular complexity index is 952. The first-order chi connectivity index (χ1) is 12.3. The molecule has 0 aliphatic heterocycles. The van der Waals surface area contributed by atoms with Crippen molar-refractivity contribution in [2.45, 2.75) is 10.4 Å². The number of hydrogen-bond acceptors (Lipinski definition) is 6. The van der Waals surface area contributed by atoms with Gasteiger partial charge >= 0.3 is 0 Å². The lowest BCUT2D eigenvalue weighted by Crippen LogP contribution is -2.00. The van der Waals surface area contributed by atoms with Crippen LogP contribution in [0.15, 0.2) is 76.7 Å². The lowest BCUT2D eigenvalue weighted by Gasteiger charge is -2.11. The highest BCUT2D eigenvalue weighted by atomic mass is 32.2. The molecule has 2 heterocycles. The van der Waals surface area contributed by atoms with Crippen LogP contribution in [0.4, 0.5) is 0 Å². The molecule has 0 N–H and O–H groups in total. The third-order valence-corrected chi connectivity index (χ3v) is 4.98. The fourth-order valence-electron chi connectivity index (χ4n) is 2.42. The first-order valence-corrected chi connectivity index (χ1v) is 8.64. The van der Waals surface area contributed by atoms with Crippen LogP contribution in [0, 0.1) is 0 Å². The van der Waals surface area contributed by atoms with Gasteiger partial charge in [-0.15, -0.1) is 10.2 Å². The Kier molecular flexibility index (Phi) is 4.30. The molecular weight excluding hydrogens is 334 g/mol. The van der Waals surface area contributed by atoms with Crippen molar-refractivity contribution < 1.29 is 4.52 Å². The molecule has 0 radical (unpaired) electrons. The Balaban J connectivity index is 1.71. The van der Waals surface area contributed by atoms with Crippen LogP contribution in [0.1, 0.15) is 16.7 Å². The van der Waals surface area contributed by atoms with E-state index in [1.807, 2.05) is 72.3 Å². The molecule has 0 unspecified atom stereocenters. The van der Waals surface area contributed by atoms with E-state index in [1.54, 1.807) is 6.33 Å². The van der Waals surface area contributed by atoms with Crippen molar-refractivity contribution in [1.29, 1.82) is 0 Å². The number of benzene rings is 2. The topological polar surface area (TPSA) is 69.6 Å². The Morgan fingerprint density at radius 3 is 2.40 bits per heavy atom. The number of aryl methyl sites for hydroxylation is 1. The molecule has 0 saturated carbocycles. The molecule has 2 aromatic heterocycles. The first-order valence-electron chi connectivity index (χ1n) is 7.76. The number of aromatic nitrogens is 5.